The van der Waals surface area contributed by atoms with E-state index in [9.17, 15) is 19.0 Å². The summed E-state index contributed by atoms with van der Waals surface area (Å²) in [5.41, 5.74) is 5.89. The Bertz CT molecular complexity index is 1610. The Hall–Kier alpha value is -3.39. The van der Waals surface area contributed by atoms with E-state index >= 15 is 0 Å². The van der Waals surface area contributed by atoms with Gasteiger partial charge in [-0.2, -0.15) is 0 Å². The van der Waals surface area contributed by atoms with Crippen LogP contribution in [0.3, 0.4) is 0 Å². The molecule has 0 unspecified atom stereocenters. The van der Waals surface area contributed by atoms with Gasteiger partial charge >= 0.3 is 37.4 Å². The maximum Gasteiger partial charge on any atom is 1.00 e. The molecule has 4 rings (SSSR count). The molecule has 46 heavy (non-hydrogen) atoms. The molecule has 0 saturated carbocycles. The minimum absolute atomic E-state index is 0. The SMILES string of the molecule is COc1ccc(C(=O)CCc2cc(C)c(OP(=O)([O-])Oc3cc(C)c(CCC(=O)c4ccc(OC)cc4)cc3C)cc2C)cc1.[Na+]. The van der Waals surface area contributed by atoms with Crippen LogP contribution >= 0.6 is 7.82 Å². The van der Waals surface area contributed by atoms with Crippen molar-refractivity contribution in [2.24, 2.45) is 0 Å². The quantitative estimate of drug-likeness (QED) is 0.111. The van der Waals surface area contributed by atoms with Crippen LogP contribution < -0.4 is 53.0 Å². The minimum atomic E-state index is -4.79. The zero-order valence-corrected chi connectivity index (χ0v) is 30.4. The molecule has 0 aliphatic heterocycles. The predicted octanol–water partition coefficient (Wildman–Crippen LogP) is 4.50. The van der Waals surface area contributed by atoms with Gasteiger partial charge in [-0.15, -0.1) is 0 Å². The number of rotatable bonds is 14. The summed E-state index contributed by atoms with van der Waals surface area (Å²) in [5, 5.41) is 0. The fourth-order valence-corrected chi connectivity index (χ4v) is 5.95. The molecule has 236 valence electrons. The average molecular weight is 653 g/mol. The fourth-order valence-electron chi connectivity index (χ4n) is 5.03. The third-order valence-electron chi connectivity index (χ3n) is 7.75. The summed E-state index contributed by atoms with van der Waals surface area (Å²) in [5.74, 6) is 1.72. The van der Waals surface area contributed by atoms with E-state index < -0.39 is 7.82 Å². The molecule has 0 aliphatic carbocycles. The number of hydrogen-bond donors (Lipinski definition) is 0. The predicted molar refractivity (Wildman–Crippen MR) is 172 cm³/mol. The molecule has 0 saturated heterocycles. The summed E-state index contributed by atoms with van der Waals surface area (Å²) in [4.78, 5) is 38.3. The first-order chi connectivity index (χ1) is 21.4. The van der Waals surface area contributed by atoms with E-state index in [4.69, 9.17) is 18.5 Å². The van der Waals surface area contributed by atoms with Crippen molar-refractivity contribution in [3.05, 3.63) is 117 Å². The molecule has 0 fully saturated rings. The summed E-state index contributed by atoms with van der Waals surface area (Å²) in [6.45, 7) is 7.20. The van der Waals surface area contributed by atoms with Gasteiger partial charge < -0.3 is 23.4 Å². The first-order valence-electron chi connectivity index (χ1n) is 14.6. The molecule has 0 aliphatic rings. The Balaban J connectivity index is 0.00000576. The molecule has 0 N–H and O–H groups in total. The molecule has 0 spiro atoms. The molecule has 0 radical (unpaired) electrons. The Labute approximate surface area is 293 Å². The van der Waals surface area contributed by atoms with Gasteiger partial charge in [0, 0.05) is 24.0 Å². The second-order valence-electron chi connectivity index (χ2n) is 11.0. The Morgan fingerprint density at radius 3 is 1.28 bits per heavy atom. The average Bonchev–Trinajstić information content (AvgIpc) is 3.02. The number of Topliss-reactive ketones (excluding diaryl/α,β-unsaturated/α-hetero) is 2. The molecule has 0 aromatic heterocycles. The maximum atomic E-state index is 13.0. The largest absolute Gasteiger partial charge is 1.00 e. The Morgan fingerprint density at radius 2 is 0.957 bits per heavy atom. The van der Waals surface area contributed by atoms with E-state index in [1.54, 1.807) is 88.7 Å². The van der Waals surface area contributed by atoms with Crippen LogP contribution in [0.2, 0.25) is 0 Å². The number of phosphoric acid groups is 1. The number of aryl methyl sites for hydroxylation is 6. The zero-order chi connectivity index (χ0) is 32.7. The number of phosphoric ester groups is 1. The molecule has 10 heteroatoms. The molecule has 0 heterocycles. The number of carbonyl (C=O) groups excluding carboxylic acids is 2. The fraction of sp³-hybridized carbons (Fsp3) is 0.278. The van der Waals surface area contributed by atoms with Crippen molar-refractivity contribution >= 4 is 19.4 Å². The molecule has 8 nitrogen and oxygen atoms in total. The van der Waals surface area contributed by atoms with Gasteiger partial charge in [-0.3, -0.25) is 9.59 Å². The van der Waals surface area contributed by atoms with Crippen molar-refractivity contribution in [3.63, 3.8) is 0 Å². The molecular formula is C36H38NaO8P. The third-order valence-corrected chi connectivity index (χ3v) is 8.59. The topological polar surface area (TPSA) is 111 Å². The Kier molecular flexibility index (Phi) is 13.2. The van der Waals surface area contributed by atoms with Gasteiger partial charge in [-0.05, 0) is 135 Å². The van der Waals surface area contributed by atoms with Crippen LogP contribution in [0.25, 0.3) is 0 Å². The summed E-state index contributed by atoms with van der Waals surface area (Å²) in [7, 11) is -1.65. The molecule has 4 aromatic rings. The number of ether oxygens (including phenoxy) is 2. The van der Waals surface area contributed by atoms with Crippen LogP contribution in [-0.2, 0) is 17.4 Å². The first-order valence-corrected chi connectivity index (χ1v) is 16.1. The molecule has 0 bridgehead atoms. The first kappa shape index (κ1) is 37.1. The second-order valence-corrected chi connectivity index (χ2v) is 12.3. The second kappa shape index (κ2) is 16.4. The van der Waals surface area contributed by atoms with Crippen LogP contribution in [0, 0.1) is 27.7 Å². The van der Waals surface area contributed by atoms with E-state index in [-0.39, 0.29) is 52.6 Å². The summed E-state index contributed by atoms with van der Waals surface area (Å²) >= 11 is 0. The summed E-state index contributed by atoms with van der Waals surface area (Å²) in [6, 6.07) is 20.9. The van der Waals surface area contributed by atoms with Gasteiger partial charge in [-0.1, -0.05) is 12.1 Å². The maximum absolute atomic E-state index is 13.0. The zero-order valence-electron chi connectivity index (χ0n) is 27.5. The minimum Gasteiger partial charge on any atom is -0.736 e. The van der Waals surface area contributed by atoms with E-state index in [0.717, 1.165) is 22.3 Å². The van der Waals surface area contributed by atoms with E-state index in [1.165, 1.54) is 0 Å². The molecular weight excluding hydrogens is 614 g/mol. The molecule has 0 amide bonds. The van der Waals surface area contributed by atoms with E-state index in [2.05, 4.69) is 0 Å². The van der Waals surface area contributed by atoms with Gasteiger partial charge in [-0.25, -0.2) is 4.57 Å². The number of benzene rings is 4. The number of hydrogen-bond acceptors (Lipinski definition) is 8. The van der Waals surface area contributed by atoms with Crippen LogP contribution in [0.15, 0.2) is 72.8 Å². The number of carbonyl (C=O) groups is 2. The van der Waals surface area contributed by atoms with Crippen LogP contribution in [0.1, 0.15) is 66.9 Å². The summed E-state index contributed by atoms with van der Waals surface area (Å²) in [6.07, 6.45) is 1.61. The van der Waals surface area contributed by atoms with Crippen LogP contribution in [0.4, 0.5) is 0 Å². The van der Waals surface area contributed by atoms with Crippen molar-refractivity contribution < 1.29 is 67.1 Å². The van der Waals surface area contributed by atoms with Gasteiger partial charge in [0.15, 0.2) is 11.6 Å². The third kappa shape index (κ3) is 9.81. The van der Waals surface area contributed by atoms with Gasteiger partial charge in [0.05, 0.1) is 14.2 Å². The molecule has 4 aromatic carbocycles. The Morgan fingerprint density at radius 1 is 0.609 bits per heavy atom. The summed E-state index contributed by atoms with van der Waals surface area (Å²) < 4.78 is 34.1. The van der Waals surface area contributed by atoms with Crippen molar-refractivity contribution in [3.8, 4) is 23.0 Å². The molecule has 0 atom stereocenters. The van der Waals surface area contributed by atoms with Gasteiger partial charge in [0.1, 0.15) is 23.0 Å². The van der Waals surface area contributed by atoms with E-state index in [1.807, 2.05) is 26.0 Å². The van der Waals surface area contributed by atoms with Crippen molar-refractivity contribution in [1.29, 1.82) is 0 Å². The standard InChI is InChI=1S/C36H39O8P.Na/c1-23-21-35(25(3)19-29(23)11-17-33(37)27-7-13-31(41-5)14-8-27)43-45(39,40)44-36-22-24(2)30(20-26(36)4)12-18-34(38)28-9-15-32(42-6)16-10-28;/h7-10,13-16,19-22H,11-12,17-18H2,1-6H3,(H,39,40);/q;+1/p-1. The number of methoxy groups -OCH3 is 2. The van der Waals surface area contributed by atoms with Crippen LogP contribution in [0.5, 0.6) is 23.0 Å². The monoisotopic (exact) mass is 652 g/mol. The van der Waals surface area contributed by atoms with Crippen LogP contribution in [-0.4, -0.2) is 25.8 Å². The van der Waals surface area contributed by atoms with E-state index in [0.29, 0.717) is 59.4 Å². The van der Waals surface area contributed by atoms with Gasteiger partial charge in [0.25, 0.3) is 0 Å². The number of ketones is 2. The van der Waals surface area contributed by atoms with Crippen molar-refractivity contribution in [1.82, 2.24) is 0 Å². The van der Waals surface area contributed by atoms with Gasteiger partial charge in [0.2, 0.25) is 0 Å². The smallest absolute Gasteiger partial charge is 0.736 e. The van der Waals surface area contributed by atoms with Crippen molar-refractivity contribution in [2.75, 3.05) is 14.2 Å². The van der Waals surface area contributed by atoms with Crippen molar-refractivity contribution in [2.45, 2.75) is 53.4 Å². The normalized spacial score (nSPS) is 10.9.